The molecule has 0 bridgehead atoms. The second kappa shape index (κ2) is 2.67. The second-order valence-corrected chi connectivity index (χ2v) is 3.88. The van der Waals surface area contributed by atoms with E-state index in [2.05, 4.69) is 5.32 Å². The van der Waals surface area contributed by atoms with Gasteiger partial charge >= 0.3 is 0 Å². The lowest BCUT2D eigenvalue weighted by atomic mass is 9.67. The van der Waals surface area contributed by atoms with Gasteiger partial charge < -0.3 is 20.3 Å². The number of nitrogens with one attached hydrogen (secondary N) is 1. The molecular formula is C8H15NO3. The molecule has 12 heavy (non-hydrogen) atoms. The van der Waals surface area contributed by atoms with Crippen molar-refractivity contribution in [1.82, 2.24) is 5.32 Å². The minimum Gasteiger partial charge on any atom is -0.396 e. The van der Waals surface area contributed by atoms with Crippen molar-refractivity contribution < 1.29 is 14.9 Å². The van der Waals surface area contributed by atoms with Gasteiger partial charge in [-0.3, -0.25) is 0 Å². The molecule has 0 aromatic heterocycles. The van der Waals surface area contributed by atoms with Crippen LogP contribution in [0, 0.1) is 5.41 Å². The van der Waals surface area contributed by atoms with Gasteiger partial charge in [0.15, 0.2) is 0 Å². The predicted molar refractivity (Wildman–Crippen MR) is 42.8 cm³/mol. The number of rotatable bonds is 2. The van der Waals surface area contributed by atoms with Gasteiger partial charge in [-0.25, -0.2) is 0 Å². The van der Waals surface area contributed by atoms with Gasteiger partial charge in [0.05, 0.1) is 13.2 Å². The molecule has 0 saturated carbocycles. The molecule has 2 aliphatic rings. The fraction of sp³-hybridized carbons (Fsp3) is 1.00. The Bertz CT molecular complexity index is 168. The summed E-state index contributed by atoms with van der Waals surface area (Å²) in [6, 6.07) is 0. The molecular weight excluding hydrogens is 158 g/mol. The highest BCUT2D eigenvalue weighted by Gasteiger charge is 2.55. The number of hydrogen-bond donors (Lipinski definition) is 3. The quantitative estimate of drug-likeness (QED) is 0.487. The van der Waals surface area contributed by atoms with Gasteiger partial charge in [0.2, 0.25) is 0 Å². The van der Waals surface area contributed by atoms with Gasteiger partial charge in [0.1, 0.15) is 5.60 Å². The van der Waals surface area contributed by atoms with Crippen LogP contribution in [0.3, 0.4) is 0 Å². The van der Waals surface area contributed by atoms with Crippen LogP contribution in [0.25, 0.3) is 0 Å². The molecule has 0 aromatic rings. The Morgan fingerprint density at radius 3 is 2.50 bits per heavy atom. The molecule has 0 aliphatic carbocycles. The average Bonchev–Trinajstić information content (AvgIpc) is 2.35. The summed E-state index contributed by atoms with van der Waals surface area (Å²) in [6.07, 6.45) is 0.648. The Kier molecular flexibility index (Phi) is 1.88. The number of aliphatic hydroxyl groups is 2. The Labute approximate surface area is 71.5 Å². The third kappa shape index (κ3) is 0.925. The van der Waals surface area contributed by atoms with Gasteiger partial charge in [0, 0.05) is 31.5 Å². The lowest BCUT2D eigenvalue weighted by molar-refractivity contribution is -0.135. The zero-order valence-corrected chi connectivity index (χ0v) is 7.05. The van der Waals surface area contributed by atoms with E-state index in [1.807, 2.05) is 0 Å². The predicted octanol–water partition coefficient (Wildman–Crippen LogP) is -1.28. The van der Waals surface area contributed by atoms with Crippen molar-refractivity contribution in [2.45, 2.75) is 12.0 Å². The summed E-state index contributed by atoms with van der Waals surface area (Å²) in [5.74, 6) is 0. The van der Waals surface area contributed by atoms with Crippen molar-refractivity contribution in [2.75, 3.05) is 32.9 Å². The molecule has 0 spiro atoms. The molecule has 2 saturated heterocycles. The SMILES string of the molecule is OCC1(C2(O)CCOC2)CNC1. The summed E-state index contributed by atoms with van der Waals surface area (Å²) >= 11 is 0. The lowest BCUT2D eigenvalue weighted by Gasteiger charge is -2.50. The van der Waals surface area contributed by atoms with Crippen LogP contribution in [0.5, 0.6) is 0 Å². The van der Waals surface area contributed by atoms with Crippen LogP contribution in [0.1, 0.15) is 6.42 Å². The smallest absolute Gasteiger partial charge is 0.100 e. The Morgan fingerprint density at radius 1 is 1.42 bits per heavy atom. The van der Waals surface area contributed by atoms with E-state index in [1.54, 1.807) is 0 Å². The van der Waals surface area contributed by atoms with Crippen molar-refractivity contribution in [3.05, 3.63) is 0 Å². The van der Waals surface area contributed by atoms with Gasteiger partial charge in [-0.2, -0.15) is 0 Å². The van der Waals surface area contributed by atoms with E-state index in [-0.39, 0.29) is 12.0 Å². The molecule has 0 aromatic carbocycles. The fourth-order valence-electron chi connectivity index (χ4n) is 1.99. The van der Waals surface area contributed by atoms with Crippen molar-refractivity contribution in [2.24, 2.45) is 5.41 Å². The molecule has 0 radical (unpaired) electrons. The van der Waals surface area contributed by atoms with Crippen LogP contribution < -0.4 is 5.32 Å². The number of ether oxygens (including phenoxy) is 1. The third-order valence-electron chi connectivity index (χ3n) is 3.22. The van der Waals surface area contributed by atoms with Crippen LogP contribution in [0.2, 0.25) is 0 Å². The highest BCUT2D eigenvalue weighted by atomic mass is 16.5. The molecule has 2 rings (SSSR count). The van der Waals surface area contributed by atoms with E-state index >= 15 is 0 Å². The molecule has 1 unspecified atom stereocenters. The Balaban J connectivity index is 2.14. The maximum atomic E-state index is 10.1. The highest BCUT2D eigenvalue weighted by molar-refractivity contribution is 5.08. The summed E-state index contributed by atoms with van der Waals surface area (Å²) in [5.41, 5.74) is -1.14. The fourth-order valence-corrected chi connectivity index (χ4v) is 1.99. The average molecular weight is 173 g/mol. The van der Waals surface area contributed by atoms with E-state index in [0.717, 1.165) is 0 Å². The van der Waals surface area contributed by atoms with Crippen LogP contribution in [-0.2, 0) is 4.74 Å². The van der Waals surface area contributed by atoms with Crippen molar-refractivity contribution in [1.29, 1.82) is 0 Å². The first-order valence-electron chi connectivity index (χ1n) is 4.34. The van der Waals surface area contributed by atoms with E-state index in [0.29, 0.717) is 32.7 Å². The molecule has 2 aliphatic heterocycles. The van der Waals surface area contributed by atoms with Crippen molar-refractivity contribution in [3.63, 3.8) is 0 Å². The van der Waals surface area contributed by atoms with Gasteiger partial charge in [-0.15, -0.1) is 0 Å². The monoisotopic (exact) mass is 173 g/mol. The zero-order valence-electron chi connectivity index (χ0n) is 7.05. The zero-order chi connectivity index (χ0) is 8.66. The first-order chi connectivity index (χ1) is 5.72. The van der Waals surface area contributed by atoms with Crippen molar-refractivity contribution in [3.8, 4) is 0 Å². The summed E-state index contributed by atoms with van der Waals surface area (Å²) in [5, 5.41) is 22.4. The Hall–Kier alpha value is -0.160. The number of aliphatic hydroxyl groups excluding tert-OH is 1. The van der Waals surface area contributed by atoms with Crippen LogP contribution in [-0.4, -0.2) is 48.7 Å². The minimum absolute atomic E-state index is 0.0415. The third-order valence-corrected chi connectivity index (χ3v) is 3.22. The minimum atomic E-state index is -0.799. The van der Waals surface area contributed by atoms with Crippen LogP contribution in [0.15, 0.2) is 0 Å². The number of hydrogen-bond acceptors (Lipinski definition) is 4. The normalized spacial score (nSPS) is 39.5. The molecule has 70 valence electrons. The van der Waals surface area contributed by atoms with Crippen LogP contribution in [0.4, 0.5) is 0 Å². The summed E-state index contributed by atoms with van der Waals surface area (Å²) < 4.78 is 5.15. The topological polar surface area (TPSA) is 61.7 Å². The maximum absolute atomic E-state index is 10.1. The molecule has 3 N–H and O–H groups in total. The largest absolute Gasteiger partial charge is 0.396 e. The van der Waals surface area contributed by atoms with E-state index in [1.165, 1.54) is 0 Å². The first kappa shape index (κ1) is 8.44. The standard InChI is InChI=1S/C8H15NO3/c10-5-7(3-9-4-7)8(11)1-2-12-6-8/h9-11H,1-6H2. The van der Waals surface area contributed by atoms with E-state index in [4.69, 9.17) is 4.74 Å². The van der Waals surface area contributed by atoms with Crippen molar-refractivity contribution >= 4 is 0 Å². The molecule has 4 heteroatoms. The first-order valence-corrected chi connectivity index (χ1v) is 4.34. The van der Waals surface area contributed by atoms with Gasteiger partial charge in [-0.05, 0) is 0 Å². The van der Waals surface area contributed by atoms with E-state index < -0.39 is 5.60 Å². The summed E-state index contributed by atoms with van der Waals surface area (Å²) in [7, 11) is 0. The maximum Gasteiger partial charge on any atom is 0.100 e. The summed E-state index contributed by atoms with van der Waals surface area (Å²) in [6.45, 7) is 2.42. The van der Waals surface area contributed by atoms with Gasteiger partial charge in [-0.1, -0.05) is 0 Å². The van der Waals surface area contributed by atoms with Gasteiger partial charge in [0.25, 0.3) is 0 Å². The molecule has 1 atom stereocenters. The molecule has 2 fully saturated rings. The molecule has 2 heterocycles. The van der Waals surface area contributed by atoms with Crippen LogP contribution >= 0.6 is 0 Å². The summed E-state index contributed by atoms with van der Waals surface area (Å²) in [4.78, 5) is 0. The van der Waals surface area contributed by atoms with E-state index in [9.17, 15) is 10.2 Å². The molecule has 0 amide bonds. The second-order valence-electron chi connectivity index (χ2n) is 3.88. The molecule has 4 nitrogen and oxygen atoms in total. The lowest BCUT2D eigenvalue weighted by Crippen LogP contribution is -2.68. The highest BCUT2D eigenvalue weighted by Crippen LogP contribution is 2.40. The Morgan fingerprint density at radius 2 is 2.17 bits per heavy atom.